The van der Waals surface area contributed by atoms with E-state index in [9.17, 15) is 0 Å². The van der Waals surface area contributed by atoms with Crippen molar-refractivity contribution in [3.8, 4) is 0 Å². The van der Waals surface area contributed by atoms with Crippen LogP contribution < -0.4 is 5.32 Å². The van der Waals surface area contributed by atoms with Crippen LogP contribution in [-0.2, 0) is 6.54 Å². The highest BCUT2D eigenvalue weighted by Gasteiger charge is 2.17. The molecular formula is C11H14BrN3S. The van der Waals surface area contributed by atoms with E-state index in [1.165, 1.54) is 5.56 Å². The number of aromatic nitrogens is 2. The van der Waals surface area contributed by atoms with Gasteiger partial charge in [-0.1, -0.05) is 0 Å². The van der Waals surface area contributed by atoms with Gasteiger partial charge in [-0.15, -0.1) is 11.3 Å². The number of halogens is 1. The Hall–Kier alpha value is -0.650. The Morgan fingerprint density at radius 2 is 2.44 bits per heavy atom. The van der Waals surface area contributed by atoms with Gasteiger partial charge in [0, 0.05) is 18.9 Å². The highest BCUT2D eigenvalue weighted by molar-refractivity contribution is 9.11. The molecule has 0 saturated carbocycles. The van der Waals surface area contributed by atoms with Gasteiger partial charge in [-0.05, 0) is 46.9 Å². The fraction of sp³-hybridized carbons (Fsp3) is 0.364. The first kappa shape index (κ1) is 11.8. The van der Waals surface area contributed by atoms with Crippen molar-refractivity contribution >= 4 is 27.3 Å². The molecule has 0 saturated heterocycles. The molecule has 1 N–H and O–H groups in total. The monoisotopic (exact) mass is 299 g/mol. The van der Waals surface area contributed by atoms with Crippen LogP contribution in [0, 0.1) is 0 Å². The summed E-state index contributed by atoms with van der Waals surface area (Å²) in [7, 11) is 1.96. The lowest BCUT2D eigenvalue weighted by molar-refractivity contribution is 0.591. The van der Waals surface area contributed by atoms with Crippen LogP contribution in [0.25, 0.3) is 0 Å². The van der Waals surface area contributed by atoms with E-state index < -0.39 is 0 Å². The Kier molecular flexibility index (Phi) is 3.78. The maximum Gasteiger partial charge on any atom is 0.130 e. The van der Waals surface area contributed by atoms with Crippen molar-refractivity contribution in [3.63, 3.8) is 0 Å². The maximum atomic E-state index is 4.43. The van der Waals surface area contributed by atoms with E-state index in [-0.39, 0.29) is 6.04 Å². The van der Waals surface area contributed by atoms with Gasteiger partial charge in [-0.3, -0.25) is 0 Å². The SMILES string of the molecule is CCn1ccnc1C(NC)c1csc(Br)c1. The van der Waals surface area contributed by atoms with E-state index in [1.54, 1.807) is 11.3 Å². The van der Waals surface area contributed by atoms with E-state index >= 15 is 0 Å². The van der Waals surface area contributed by atoms with E-state index in [0.717, 1.165) is 16.2 Å². The normalized spacial score (nSPS) is 12.9. The molecule has 0 fully saturated rings. The molecule has 1 unspecified atom stereocenters. The fourth-order valence-corrected chi connectivity index (χ4v) is 2.97. The van der Waals surface area contributed by atoms with Crippen molar-refractivity contribution in [2.45, 2.75) is 19.5 Å². The lowest BCUT2D eigenvalue weighted by Gasteiger charge is -2.15. The summed E-state index contributed by atoms with van der Waals surface area (Å²) in [5.74, 6) is 1.07. The van der Waals surface area contributed by atoms with E-state index in [0.29, 0.717) is 0 Å². The molecule has 0 bridgehead atoms. The first-order valence-electron chi connectivity index (χ1n) is 5.18. The van der Waals surface area contributed by atoms with Crippen LogP contribution in [0.3, 0.4) is 0 Å². The van der Waals surface area contributed by atoms with Crippen molar-refractivity contribution < 1.29 is 0 Å². The molecule has 2 rings (SSSR count). The minimum Gasteiger partial charge on any atom is -0.334 e. The van der Waals surface area contributed by atoms with Gasteiger partial charge in [0.25, 0.3) is 0 Å². The second-order valence-electron chi connectivity index (χ2n) is 3.48. The van der Waals surface area contributed by atoms with Crippen molar-refractivity contribution in [2.75, 3.05) is 7.05 Å². The molecule has 1 atom stereocenters. The summed E-state index contributed by atoms with van der Waals surface area (Å²) in [6.07, 6.45) is 3.87. The molecule has 2 heterocycles. The van der Waals surface area contributed by atoms with Crippen LogP contribution in [0.2, 0.25) is 0 Å². The van der Waals surface area contributed by atoms with Crippen LogP contribution in [0.5, 0.6) is 0 Å². The summed E-state index contributed by atoms with van der Waals surface area (Å²) in [6.45, 7) is 3.07. The summed E-state index contributed by atoms with van der Waals surface area (Å²) in [5.41, 5.74) is 1.25. The molecule has 3 nitrogen and oxygen atoms in total. The Morgan fingerprint density at radius 1 is 1.62 bits per heavy atom. The zero-order valence-corrected chi connectivity index (χ0v) is 11.7. The molecule has 0 spiro atoms. The van der Waals surface area contributed by atoms with Gasteiger partial charge in [0.1, 0.15) is 5.82 Å². The highest BCUT2D eigenvalue weighted by Crippen LogP contribution is 2.28. The standard InChI is InChI=1S/C11H14BrN3S/c1-3-15-5-4-14-11(15)10(13-2)8-6-9(12)16-7-8/h4-7,10,13H,3H2,1-2H3. The predicted octanol–water partition coefficient (Wildman–Crippen LogP) is 3.04. The third kappa shape index (κ3) is 2.21. The quantitative estimate of drug-likeness (QED) is 0.940. The van der Waals surface area contributed by atoms with Crippen molar-refractivity contribution in [2.24, 2.45) is 0 Å². The Labute approximate surface area is 108 Å². The molecule has 0 radical (unpaired) electrons. The molecular weight excluding hydrogens is 286 g/mol. The molecule has 0 aliphatic carbocycles. The first-order chi connectivity index (χ1) is 7.76. The molecule has 16 heavy (non-hydrogen) atoms. The molecule has 5 heteroatoms. The van der Waals surface area contributed by atoms with Gasteiger partial charge < -0.3 is 9.88 Å². The molecule has 0 amide bonds. The molecule has 2 aromatic rings. The zero-order valence-electron chi connectivity index (χ0n) is 9.27. The molecule has 86 valence electrons. The van der Waals surface area contributed by atoms with E-state index in [2.05, 4.69) is 49.2 Å². The van der Waals surface area contributed by atoms with Crippen LogP contribution in [0.15, 0.2) is 27.6 Å². The fourth-order valence-electron chi connectivity index (χ4n) is 1.77. The summed E-state index contributed by atoms with van der Waals surface area (Å²) < 4.78 is 3.31. The number of rotatable bonds is 4. The average molecular weight is 300 g/mol. The number of nitrogens with one attached hydrogen (secondary N) is 1. The van der Waals surface area contributed by atoms with Gasteiger partial charge in [-0.2, -0.15) is 0 Å². The van der Waals surface area contributed by atoms with Crippen molar-refractivity contribution in [3.05, 3.63) is 39.0 Å². The van der Waals surface area contributed by atoms with Crippen LogP contribution in [-0.4, -0.2) is 16.6 Å². The highest BCUT2D eigenvalue weighted by atomic mass is 79.9. The topological polar surface area (TPSA) is 29.9 Å². The Balaban J connectivity index is 2.36. The van der Waals surface area contributed by atoms with Crippen molar-refractivity contribution in [1.29, 1.82) is 0 Å². The number of imidazole rings is 1. The summed E-state index contributed by atoms with van der Waals surface area (Å²) in [4.78, 5) is 4.43. The minimum absolute atomic E-state index is 0.164. The third-order valence-electron chi connectivity index (χ3n) is 2.56. The Bertz CT molecular complexity index is 463. The lowest BCUT2D eigenvalue weighted by atomic mass is 10.1. The molecule has 2 aromatic heterocycles. The molecule has 0 aliphatic heterocycles. The number of nitrogens with zero attached hydrogens (tertiary/aromatic N) is 2. The average Bonchev–Trinajstić information content (AvgIpc) is 2.89. The zero-order chi connectivity index (χ0) is 11.5. The second-order valence-corrected chi connectivity index (χ2v) is 5.77. The summed E-state index contributed by atoms with van der Waals surface area (Å²) in [5, 5.41) is 5.46. The lowest BCUT2D eigenvalue weighted by Crippen LogP contribution is -2.21. The van der Waals surface area contributed by atoms with Crippen LogP contribution in [0.4, 0.5) is 0 Å². The first-order valence-corrected chi connectivity index (χ1v) is 6.85. The minimum atomic E-state index is 0.164. The van der Waals surface area contributed by atoms with Crippen LogP contribution in [0.1, 0.15) is 24.4 Å². The molecule has 0 aliphatic rings. The summed E-state index contributed by atoms with van der Waals surface area (Å²) in [6, 6.07) is 2.30. The van der Waals surface area contributed by atoms with Gasteiger partial charge in [0.05, 0.1) is 9.83 Å². The van der Waals surface area contributed by atoms with E-state index in [1.807, 2.05) is 19.4 Å². The van der Waals surface area contributed by atoms with Crippen LogP contribution >= 0.6 is 27.3 Å². The maximum absolute atomic E-state index is 4.43. The van der Waals surface area contributed by atoms with Gasteiger partial charge in [0.2, 0.25) is 0 Å². The largest absolute Gasteiger partial charge is 0.334 e. The smallest absolute Gasteiger partial charge is 0.130 e. The number of hydrogen-bond donors (Lipinski definition) is 1. The van der Waals surface area contributed by atoms with Gasteiger partial charge in [0.15, 0.2) is 0 Å². The van der Waals surface area contributed by atoms with Gasteiger partial charge >= 0.3 is 0 Å². The number of thiophene rings is 1. The molecule has 0 aromatic carbocycles. The van der Waals surface area contributed by atoms with Gasteiger partial charge in [-0.25, -0.2) is 4.98 Å². The number of hydrogen-bond acceptors (Lipinski definition) is 3. The third-order valence-corrected chi connectivity index (χ3v) is 4.08. The predicted molar refractivity (Wildman–Crippen MR) is 70.8 cm³/mol. The van der Waals surface area contributed by atoms with Crippen molar-refractivity contribution in [1.82, 2.24) is 14.9 Å². The summed E-state index contributed by atoms with van der Waals surface area (Å²) >= 11 is 5.19. The second kappa shape index (κ2) is 5.12. The number of aryl methyl sites for hydroxylation is 1. The van der Waals surface area contributed by atoms with E-state index in [4.69, 9.17) is 0 Å². The Morgan fingerprint density at radius 3 is 3.00 bits per heavy atom.